The van der Waals surface area contributed by atoms with E-state index in [1.165, 1.54) is 12.8 Å². The van der Waals surface area contributed by atoms with Crippen LogP contribution >= 0.6 is 0 Å². The lowest BCUT2D eigenvalue weighted by molar-refractivity contribution is 0.0803. The first kappa shape index (κ1) is 15.9. The molecule has 0 saturated heterocycles. The van der Waals surface area contributed by atoms with E-state index in [0.717, 1.165) is 18.4 Å². The first-order chi connectivity index (χ1) is 9.71. The van der Waals surface area contributed by atoms with Crippen LogP contribution in [0.3, 0.4) is 0 Å². The van der Waals surface area contributed by atoms with Gasteiger partial charge in [0.15, 0.2) is 0 Å². The second kappa shape index (κ2) is 5.70. The average Bonchev–Trinajstić information content (AvgIpc) is 2.37. The molecular weight excluding hydrogens is 262 g/mol. The van der Waals surface area contributed by atoms with Crippen molar-refractivity contribution in [2.75, 3.05) is 6.54 Å². The number of hydrogen-bond acceptors (Lipinski definition) is 2. The van der Waals surface area contributed by atoms with Crippen molar-refractivity contribution in [1.29, 1.82) is 0 Å². The molecule has 1 aliphatic carbocycles. The van der Waals surface area contributed by atoms with Gasteiger partial charge >= 0.3 is 0 Å². The van der Waals surface area contributed by atoms with Crippen LogP contribution in [-0.2, 0) is 0 Å². The number of aromatic hydroxyl groups is 1. The van der Waals surface area contributed by atoms with E-state index in [9.17, 15) is 9.90 Å². The van der Waals surface area contributed by atoms with E-state index in [1.54, 1.807) is 18.2 Å². The Morgan fingerprint density at radius 3 is 2.67 bits per heavy atom. The fourth-order valence-electron chi connectivity index (χ4n) is 3.70. The zero-order valence-electron chi connectivity index (χ0n) is 13.6. The molecule has 1 aromatic carbocycles. The Morgan fingerprint density at radius 2 is 2.00 bits per heavy atom. The third-order valence-electron chi connectivity index (χ3n) is 4.61. The monoisotopic (exact) mass is 289 g/mol. The number of phenols is 1. The average molecular weight is 289 g/mol. The van der Waals surface area contributed by atoms with Crippen molar-refractivity contribution in [3.63, 3.8) is 0 Å². The second-order valence-electron chi connectivity index (χ2n) is 7.71. The van der Waals surface area contributed by atoms with Crippen molar-refractivity contribution < 1.29 is 9.90 Å². The maximum absolute atomic E-state index is 12.3. The van der Waals surface area contributed by atoms with Crippen molar-refractivity contribution >= 4 is 5.91 Å². The van der Waals surface area contributed by atoms with Gasteiger partial charge in [-0.05, 0) is 49.1 Å². The molecule has 0 aromatic heterocycles. The second-order valence-corrected chi connectivity index (χ2v) is 7.71. The number of nitrogens with one attached hydrogen (secondary N) is 1. The maximum atomic E-state index is 12.3. The van der Waals surface area contributed by atoms with E-state index in [2.05, 4.69) is 26.1 Å². The molecule has 1 aromatic rings. The van der Waals surface area contributed by atoms with Crippen LogP contribution in [0.4, 0.5) is 0 Å². The molecule has 2 N–H and O–H groups in total. The number of hydrogen-bond donors (Lipinski definition) is 2. The van der Waals surface area contributed by atoms with Gasteiger partial charge in [-0.3, -0.25) is 4.79 Å². The van der Waals surface area contributed by atoms with Gasteiger partial charge in [-0.1, -0.05) is 38.8 Å². The smallest absolute Gasteiger partial charge is 0.255 e. The molecule has 1 unspecified atom stereocenters. The summed E-state index contributed by atoms with van der Waals surface area (Å²) < 4.78 is 0. The van der Waals surface area contributed by atoms with E-state index >= 15 is 0 Å². The van der Waals surface area contributed by atoms with Crippen LogP contribution in [0.15, 0.2) is 18.2 Å². The molecule has 1 saturated carbocycles. The highest BCUT2D eigenvalue weighted by atomic mass is 16.3. The molecule has 1 fully saturated rings. The molecule has 3 heteroatoms. The number of phenolic OH excluding ortho intramolecular Hbond substituents is 1. The summed E-state index contributed by atoms with van der Waals surface area (Å²) >= 11 is 0. The third kappa shape index (κ3) is 3.99. The molecule has 1 atom stereocenters. The number of amides is 1. The third-order valence-corrected chi connectivity index (χ3v) is 4.61. The topological polar surface area (TPSA) is 49.3 Å². The summed E-state index contributed by atoms with van der Waals surface area (Å²) in [6.45, 7) is 9.45. The van der Waals surface area contributed by atoms with Crippen LogP contribution in [0.2, 0.25) is 0 Å². The molecule has 1 amide bonds. The predicted octanol–water partition coefficient (Wildman–Crippen LogP) is 4.04. The summed E-state index contributed by atoms with van der Waals surface area (Å²) in [7, 11) is 0. The Balaban J connectivity index is 2.02. The lowest BCUT2D eigenvalue weighted by atomic mass is 9.64. The van der Waals surface area contributed by atoms with Gasteiger partial charge in [0.25, 0.3) is 5.91 Å². The zero-order valence-corrected chi connectivity index (χ0v) is 13.6. The maximum Gasteiger partial charge on any atom is 0.255 e. The zero-order chi connectivity index (χ0) is 15.7. The van der Waals surface area contributed by atoms with Gasteiger partial charge < -0.3 is 10.4 Å². The minimum atomic E-state index is -0.180. The SMILES string of the molecule is Cc1ccc(O)c(C(=O)NCC2(C)CCCC(C)(C)C2)c1. The summed E-state index contributed by atoms with van der Waals surface area (Å²) in [5, 5.41) is 12.8. The van der Waals surface area contributed by atoms with Crippen molar-refractivity contribution in [2.45, 2.75) is 53.4 Å². The molecule has 1 aliphatic rings. The van der Waals surface area contributed by atoms with Crippen LogP contribution in [0.25, 0.3) is 0 Å². The van der Waals surface area contributed by atoms with Gasteiger partial charge in [0.05, 0.1) is 5.56 Å². The Hall–Kier alpha value is -1.51. The lowest BCUT2D eigenvalue weighted by Crippen LogP contribution is -2.41. The van der Waals surface area contributed by atoms with E-state index in [-0.39, 0.29) is 17.1 Å². The number of carbonyl (C=O) groups is 1. The number of rotatable bonds is 3. The molecule has 0 spiro atoms. The molecule has 21 heavy (non-hydrogen) atoms. The van der Waals surface area contributed by atoms with Crippen molar-refractivity contribution in [2.24, 2.45) is 10.8 Å². The van der Waals surface area contributed by atoms with Crippen molar-refractivity contribution in [1.82, 2.24) is 5.32 Å². The molecule has 2 rings (SSSR count). The number of aryl methyl sites for hydroxylation is 1. The van der Waals surface area contributed by atoms with Crippen molar-refractivity contribution in [3.8, 4) is 5.75 Å². The highest BCUT2D eigenvalue weighted by molar-refractivity contribution is 5.97. The van der Waals surface area contributed by atoms with Crippen LogP contribution in [0.5, 0.6) is 5.75 Å². The van der Waals surface area contributed by atoms with Gasteiger partial charge in [-0.15, -0.1) is 0 Å². The van der Waals surface area contributed by atoms with E-state index < -0.39 is 0 Å². The van der Waals surface area contributed by atoms with Crippen LogP contribution in [0, 0.1) is 17.8 Å². The molecule has 116 valence electrons. The summed E-state index contributed by atoms with van der Waals surface area (Å²) in [4.78, 5) is 12.3. The molecule has 3 nitrogen and oxygen atoms in total. The Kier molecular flexibility index (Phi) is 4.31. The fourth-order valence-corrected chi connectivity index (χ4v) is 3.70. The number of carbonyl (C=O) groups excluding carboxylic acids is 1. The lowest BCUT2D eigenvalue weighted by Gasteiger charge is -2.43. The largest absolute Gasteiger partial charge is 0.507 e. The van der Waals surface area contributed by atoms with E-state index in [1.807, 2.05) is 6.92 Å². The predicted molar refractivity (Wildman–Crippen MR) is 85.5 cm³/mol. The molecule has 0 heterocycles. The summed E-state index contributed by atoms with van der Waals surface area (Å²) in [6, 6.07) is 5.12. The highest BCUT2D eigenvalue weighted by Crippen LogP contribution is 2.45. The number of benzene rings is 1. The van der Waals surface area contributed by atoms with Crippen LogP contribution in [0.1, 0.15) is 62.4 Å². The first-order valence-corrected chi connectivity index (χ1v) is 7.79. The Morgan fingerprint density at radius 1 is 1.29 bits per heavy atom. The molecule has 0 aliphatic heterocycles. The van der Waals surface area contributed by atoms with Gasteiger partial charge in [-0.25, -0.2) is 0 Å². The molecule has 0 bridgehead atoms. The minimum Gasteiger partial charge on any atom is -0.507 e. The van der Waals surface area contributed by atoms with E-state index in [4.69, 9.17) is 0 Å². The first-order valence-electron chi connectivity index (χ1n) is 7.79. The molecule has 0 radical (unpaired) electrons. The van der Waals surface area contributed by atoms with Crippen LogP contribution in [-0.4, -0.2) is 17.6 Å². The molecular formula is C18H27NO2. The summed E-state index contributed by atoms with van der Waals surface area (Å²) in [5.74, 6) is -0.131. The standard InChI is InChI=1S/C18H27NO2/c1-13-6-7-15(20)14(10-13)16(21)19-12-18(4)9-5-8-17(2,3)11-18/h6-7,10,20H,5,8-9,11-12H2,1-4H3,(H,19,21). The Labute approximate surface area is 127 Å². The van der Waals surface area contributed by atoms with Gasteiger partial charge in [0.1, 0.15) is 5.75 Å². The van der Waals surface area contributed by atoms with E-state index in [0.29, 0.717) is 17.5 Å². The van der Waals surface area contributed by atoms with Crippen molar-refractivity contribution in [3.05, 3.63) is 29.3 Å². The minimum absolute atomic E-state index is 0.0484. The highest BCUT2D eigenvalue weighted by Gasteiger charge is 2.36. The Bertz CT molecular complexity index is 536. The summed E-state index contributed by atoms with van der Waals surface area (Å²) in [5.41, 5.74) is 1.84. The fraction of sp³-hybridized carbons (Fsp3) is 0.611. The van der Waals surface area contributed by atoms with Crippen LogP contribution < -0.4 is 5.32 Å². The van der Waals surface area contributed by atoms with Gasteiger partial charge in [-0.2, -0.15) is 0 Å². The normalized spacial score (nSPS) is 24.6. The van der Waals surface area contributed by atoms with Gasteiger partial charge in [0, 0.05) is 6.54 Å². The van der Waals surface area contributed by atoms with Gasteiger partial charge in [0.2, 0.25) is 0 Å². The summed E-state index contributed by atoms with van der Waals surface area (Å²) in [6.07, 6.45) is 4.75. The quantitative estimate of drug-likeness (QED) is 0.882.